The van der Waals surface area contributed by atoms with Crippen LogP contribution in [0.4, 0.5) is 0 Å². The zero-order valence-corrected chi connectivity index (χ0v) is 12.5. The highest BCUT2D eigenvalue weighted by Gasteiger charge is 2.23. The molecule has 0 saturated carbocycles. The second-order valence-electron chi connectivity index (χ2n) is 5.13. The molecular formula is C14H21BrNO3+. The molecule has 1 aliphatic heterocycles. The Morgan fingerprint density at radius 1 is 1.47 bits per heavy atom. The first-order valence-electron chi connectivity index (χ1n) is 6.71. The number of benzene rings is 1. The Bertz CT molecular complexity index is 402. The third-order valence-electron chi connectivity index (χ3n) is 3.35. The molecule has 0 amide bonds. The minimum absolute atomic E-state index is 0.220. The van der Waals surface area contributed by atoms with Gasteiger partial charge in [0.15, 0.2) is 0 Å². The van der Waals surface area contributed by atoms with Crippen LogP contribution in [-0.2, 0) is 0 Å². The lowest BCUT2D eigenvalue weighted by Crippen LogP contribution is -3.15. The quantitative estimate of drug-likeness (QED) is 0.724. The predicted octanol–water partition coefficient (Wildman–Crippen LogP) is 0.228. The van der Waals surface area contributed by atoms with Crippen LogP contribution < -0.4 is 9.64 Å². The van der Waals surface area contributed by atoms with E-state index in [0.717, 1.165) is 36.2 Å². The SMILES string of the molecule is O[C@H](COc1cccc(Br)c1)C[NH+]1CCC[C@H](O)C1. The van der Waals surface area contributed by atoms with E-state index >= 15 is 0 Å². The lowest BCUT2D eigenvalue weighted by molar-refractivity contribution is -0.911. The van der Waals surface area contributed by atoms with Gasteiger partial charge in [-0.2, -0.15) is 0 Å². The molecule has 4 nitrogen and oxygen atoms in total. The Morgan fingerprint density at radius 2 is 2.32 bits per heavy atom. The Labute approximate surface area is 122 Å². The van der Waals surface area contributed by atoms with E-state index in [-0.39, 0.29) is 12.7 Å². The lowest BCUT2D eigenvalue weighted by Gasteiger charge is -2.28. The van der Waals surface area contributed by atoms with Crippen LogP contribution in [0.2, 0.25) is 0 Å². The van der Waals surface area contributed by atoms with Gasteiger partial charge in [-0.25, -0.2) is 0 Å². The summed E-state index contributed by atoms with van der Waals surface area (Å²) < 4.78 is 6.52. The standard InChI is InChI=1S/C14H20BrNO3/c15-11-3-1-5-14(7-11)19-10-13(18)9-16-6-2-4-12(17)8-16/h1,3,5,7,12-13,17-18H,2,4,6,8-10H2/p+1/t12-,13-/m0/s1. The van der Waals surface area contributed by atoms with E-state index in [2.05, 4.69) is 15.9 Å². The first kappa shape index (κ1) is 14.8. The lowest BCUT2D eigenvalue weighted by atomic mass is 10.1. The summed E-state index contributed by atoms with van der Waals surface area (Å²) in [6.07, 6.45) is 1.19. The van der Waals surface area contributed by atoms with E-state index in [1.165, 1.54) is 4.90 Å². The number of hydrogen-bond donors (Lipinski definition) is 3. The van der Waals surface area contributed by atoms with E-state index in [4.69, 9.17) is 4.74 Å². The van der Waals surface area contributed by atoms with Crippen LogP contribution in [0.15, 0.2) is 28.7 Å². The molecule has 2 rings (SSSR count). The van der Waals surface area contributed by atoms with Crippen LogP contribution in [0.25, 0.3) is 0 Å². The fourth-order valence-electron chi connectivity index (χ4n) is 2.45. The van der Waals surface area contributed by atoms with Gasteiger partial charge in [0.05, 0.1) is 6.54 Å². The highest BCUT2D eigenvalue weighted by Crippen LogP contribution is 2.17. The van der Waals surface area contributed by atoms with Gasteiger partial charge in [0, 0.05) is 4.47 Å². The van der Waals surface area contributed by atoms with E-state index in [1.54, 1.807) is 0 Å². The number of nitrogens with one attached hydrogen (secondary N) is 1. The van der Waals surface area contributed by atoms with Crippen molar-refractivity contribution in [1.82, 2.24) is 0 Å². The minimum atomic E-state index is -0.501. The Kier molecular flexibility index (Phi) is 5.63. The van der Waals surface area contributed by atoms with Gasteiger partial charge in [0.2, 0.25) is 0 Å². The average Bonchev–Trinajstić information content (AvgIpc) is 2.36. The normalized spacial score (nSPS) is 25.0. The fourth-order valence-corrected chi connectivity index (χ4v) is 2.83. The highest BCUT2D eigenvalue weighted by atomic mass is 79.9. The summed E-state index contributed by atoms with van der Waals surface area (Å²) in [6, 6.07) is 7.58. The van der Waals surface area contributed by atoms with Gasteiger partial charge in [-0.15, -0.1) is 0 Å². The molecule has 1 heterocycles. The van der Waals surface area contributed by atoms with Crippen molar-refractivity contribution < 1.29 is 19.8 Å². The molecule has 1 aromatic rings. The average molecular weight is 331 g/mol. The molecular weight excluding hydrogens is 310 g/mol. The summed E-state index contributed by atoms with van der Waals surface area (Å²) in [6.45, 7) is 2.67. The first-order chi connectivity index (χ1) is 9.13. The largest absolute Gasteiger partial charge is 0.491 e. The highest BCUT2D eigenvalue weighted by molar-refractivity contribution is 9.10. The van der Waals surface area contributed by atoms with Gasteiger partial charge in [0.25, 0.3) is 0 Å². The molecule has 0 bridgehead atoms. The molecule has 0 aliphatic carbocycles. The minimum Gasteiger partial charge on any atom is -0.491 e. The summed E-state index contributed by atoms with van der Waals surface area (Å²) in [5.41, 5.74) is 0. The van der Waals surface area contributed by atoms with Crippen molar-refractivity contribution in [3.63, 3.8) is 0 Å². The van der Waals surface area contributed by atoms with Crippen LogP contribution in [-0.4, -0.2) is 48.7 Å². The zero-order valence-electron chi connectivity index (χ0n) is 10.9. The number of aliphatic hydroxyl groups is 2. The second-order valence-corrected chi connectivity index (χ2v) is 6.04. The molecule has 0 spiro atoms. The van der Waals surface area contributed by atoms with Crippen molar-refractivity contribution in [3.8, 4) is 5.75 Å². The number of likely N-dealkylation sites (tertiary alicyclic amines) is 1. The molecule has 1 aliphatic rings. The molecule has 1 saturated heterocycles. The van der Waals surface area contributed by atoms with Gasteiger partial charge >= 0.3 is 0 Å². The molecule has 3 N–H and O–H groups in total. The van der Waals surface area contributed by atoms with E-state index < -0.39 is 6.10 Å². The summed E-state index contributed by atoms with van der Waals surface area (Å²) in [7, 11) is 0. The molecule has 19 heavy (non-hydrogen) atoms. The van der Waals surface area contributed by atoms with Crippen LogP contribution in [0, 0.1) is 0 Å². The summed E-state index contributed by atoms with van der Waals surface area (Å²) in [4.78, 5) is 1.25. The maximum atomic E-state index is 9.98. The molecule has 1 unspecified atom stereocenters. The summed E-state index contributed by atoms with van der Waals surface area (Å²) in [5, 5.41) is 19.6. The monoisotopic (exact) mass is 330 g/mol. The first-order valence-corrected chi connectivity index (χ1v) is 7.51. The van der Waals surface area contributed by atoms with Crippen LogP contribution in [0.5, 0.6) is 5.75 Å². The Morgan fingerprint density at radius 3 is 3.05 bits per heavy atom. The van der Waals surface area contributed by atoms with Crippen molar-refractivity contribution >= 4 is 15.9 Å². The number of quaternary nitrogens is 1. The van der Waals surface area contributed by atoms with E-state index in [9.17, 15) is 10.2 Å². The molecule has 106 valence electrons. The number of aliphatic hydroxyl groups excluding tert-OH is 2. The van der Waals surface area contributed by atoms with Gasteiger partial charge < -0.3 is 19.8 Å². The van der Waals surface area contributed by atoms with Crippen molar-refractivity contribution in [3.05, 3.63) is 28.7 Å². The maximum absolute atomic E-state index is 9.98. The number of rotatable bonds is 5. The van der Waals surface area contributed by atoms with Gasteiger partial charge in [-0.1, -0.05) is 22.0 Å². The molecule has 1 aromatic carbocycles. The summed E-state index contributed by atoms with van der Waals surface area (Å²) in [5.74, 6) is 0.752. The third-order valence-corrected chi connectivity index (χ3v) is 3.85. The van der Waals surface area contributed by atoms with E-state index in [0.29, 0.717) is 6.54 Å². The van der Waals surface area contributed by atoms with Crippen molar-refractivity contribution in [2.24, 2.45) is 0 Å². The Hall–Kier alpha value is -0.620. The second kappa shape index (κ2) is 7.24. The molecule has 0 aromatic heterocycles. The van der Waals surface area contributed by atoms with Crippen molar-refractivity contribution in [2.45, 2.75) is 25.0 Å². The number of halogens is 1. The fraction of sp³-hybridized carbons (Fsp3) is 0.571. The van der Waals surface area contributed by atoms with Crippen LogP contribution >= 0.6 is 15.9 Å². The van der Waals surface area contributed by atoms with Gasteiger partial charge in [-0.05, 0) is 31.0 Å². The van der Waals surface area contributed by atoms with Crippen LogP contribution in [0.1, 0.15) is 12.8 Å². The molecule has 0 radical (unpaired) electrons. The number of ether oxygens (including phenoxy) is 1. The third kappa shape index (κ3) is 5.10. The van der Waals surface area contributed by atoms with E-state index in [1.807, 2.05) is 24.3 Å². The molecule has 3 atom stereocenters. The van der Waals surface area contributed by atoms with Gasteiger partial charge in [-0.3, -0.25) is 0 Å². The van der Waals surface area contributed by atoms with Gasteiger partial charge in [0.1, 0.15) is 37.7 Å². The maximum Gasteiger partial charge on any atom is 0.137 e. The molecule has 5 heteroatoms. The number of piperidine rings is 1. The van der Waals surface area contributed by atoms with Crippen LogP contribution in [0.3, 0.4) is 0 Å². The topological polar surface area (TPSA) is 54.1 Å². The van der Waals surface area contributed by atoms with Crippen molar-refractivity contribution in [1.29, 1.82) is 0 Å². The smallest absolute Gasteiger partial charge is 0.137 e. The Balaban J connectivity index is 1.73. The molecule has 1 fully saturated rings. The predicted molar refractivity (Wildman–Crippen MR) is 76.4 cm³/mol. The number of hydrogen-bond acceptors (Lipinski definition) is 3. The zero-order chi connectivity index (χ0) is 13.7. The van der Waals surface area contributed by atoms with Crippen molar-refractivity contribution in [2.75, 3.05) is 26.2 Å². The summed E-state index contributed by atoms with van der Waals surface area (Å²) >= 11 is 3.38.